The van der Waals surface area contributed by atoms with Crippen molar-refractivity contribution in [2.75, 3.05) is 26.5 Å². The summed E-state index contributed by atoms with van der Waals surface area (Å²) in [6, 6.07) is 1.92. The van der Waals surface area contributed by atoms with Gasteiger partial charge in [-0.1, -0.05) is 6.07 Å². The summed E-state index contributed by atoms with van der Waals surface area (Å²) >= 11 is 0. The van der Waals surface area contributed by atoms with E-state index in [0.717, 1.165) is 22.0 Å². The van der Waals surface area contributed by atoms with E-state index in [1.54, 1.807) is 27.2 Å². The molecule has 0 aliphatic rings. The second kappa shape index (κ2) is 6.79. The summed E-state index contributed by atoms with van der Waals surface area (Å²) in [5.41, 5.74) is 2.58. The molecule has 4 nitrogen and oxygen atoms in total. The molecule has 1 aromatic carbocycles. The Balaban J connectivity index is 3.71. The van der Waals surface area contributed by atoms with Crippen molar-refractivity contribution in [2.45, 2.75) is 34.6 Å². The van der Waals surface area contributed by atoms with E-state index in [1.165, 1.54) is 0 Å². The topological polar surface area (TPSA) is 52.6 Å². The highest BCUT2D eigenvalue weighted by Crippen LogP contribution is 2.50. The zero-order valence-electron chi connectivity index (χ0n) is 14.0. The fourth-order valence-electron chi connectivity index (χ4n) is 2.92. The molecule has 6 heteroatoms. The summed E-state index contributed by atoms with van der Waals surface area (Å²) in [6.45, 7) is 13.3. The molecular formula is C15H26O4P2. The summed E-state index contributed by atoms with van der Waals surface area (Å²) in [6.07, 6.45) is 0. The van der Waals surface area contributed by atoms with Crippen molar-refractivity contribution < 1.29 is 18.2 Å². The average molecular weight is 332 g/mol. The molecule has 0 aliphatic carbocycles. The predicted octanol–water partition coefficient (Wildman–Crippen LogP) is 3.75. The van der Waals surface area contributed by atoms with Crippen LogP contribution in [0.5, 0.6) is 0 Å². The van der Waals surface area contributed by atoms with Crippen LogP contribution in [0, 0.1) is 20.8 Å². The van der Waals surface area contributed by atoms with Crippen LogP contribution in [0.2, 0.25) is 0 Å². The first kappa shape index (κ1) is 18.6. The van der Waals surface area contributed by atoms with Crippen LogP contribution < -0.4 is 10.6 Å². The average Bonchev–Trinajstić information content (AvgIpc) is 2.25. The van der Waals surface area contributed by atoms with Gasteiger partial charge < -0.3 is 13.6 Å². The van der Waals surface area contributed by atoms with Crippen LogP contribution in [0.25, 0.3) is 0 Å². The van der Waals surface area contributed by atoms with Gasteiger partial charge in [0.05, 0.1) is 18.5 Å². The molecule has 0 bridgehead atoms. The number of hydrogen-bond acceptors (Lipinski definition) is 4. The maximum atomic E-state index is 13.1. The van der Waals surface area contributed by atoms with E-state index >= 15 is 0 Å². The van der Waals surface area contributed by atoms with E-state index in [-0.39, 0.29) is 0 Å². The first-order valence-corrected chi connectivity index (χ1v) is 11.3. The fraction of sp³-hybridized carbons (Fsp3) is 0.600. The van der Waals surface area contributed by atoms with Gasteiger partial charge in [0.25, 0.3) is 0 Å². The van der Waals surface area contributed by atoms with Crippen LogP contribution >= 0.6 is 14.7 Å². The highest BCUT2D eigenvalue weighted by molar-refractivity contribution is 7.70. The predicted molar refractivity (Wildman–Crippen MR) is 90.2 cm³/mol. The summed E-state index contributed by atoms with van der Waals surface area (Å²) in [5, 5.41) is 1.35. The lowest BCUT2D eigenvalue weighted by Crippen LogP contribution is -2.26. The van der Waals surface area contributed by atoms with E-state index in [2.05, 4.69) is 0 Å². The molecule has 0 unspecified atom stereocenters. The standard InChI is InChI=1S/C15H26O4P2/c1-8-18-21(17,19-9-2)15-12(4)10-11(3)14(13(15)5)20(6,7)16/h10H,8-9H2,1-7H3. The largest absolute Gasteiger partial charge is 0.361 e. The quantitative estimate of drug-likeness (QED) is 0.745. The van der Waals surface area contributed by atoms with E-state index in [0.29, 0.717) is 18.5 Å². The number of benzene rings is 1. The minimum atomic E-state index is -3.38. The molecule has 0 aromatic heterocycles. The smallest absolute Gasteiger partial charge is 0.319 e. The van der Waals surface area contributed by atoms with Gasteiger partial charge in [-0.25, -0.2) is 0 Å². The molecule has 0 atom stereocenters. The van der Waals surface area contributed by atoms with Gasteiger partial charge in [-0.3, -0.25) is 4.57 Å². The molecule has 0 fully saturated rings. The number of aryl methyl sites for hydroxylation is 2. The Hall–Kier alpha value is -0.400. The Morgan fingerprint density at radius 2 is 1.33 bits per heavy atom. The summed E-state index contributed by atoms with van der Waals surface area (Å²) in [5.74, 6) is 0. The van der Waals surface area contributed by atoms with Crippen LogP contribution in [-0.4, -0.2) is 26.5 Å². The van der Waals surface area contributed by atoms with Crippen molar-refractivity contribution >= 4 is 25.3 Å². The molecule has 0 heterocycles. The second-order valence-corrected chi connectivity index (χ2v) is 10.6. The Morgan fingerprint density at radius 1 is 0.905 bits per heavy atom. The summed E-state index contributed by atoms with van der Waals surface area (Å²) < 4.78 is 36.6. The molecule has 0 saturated carbocycles. The van der Waals surface area contributed by atoms with Crippen LogP contribution in [0.1, 0.15) is 30.5 Å². The molecule has 120 valence electrons. The van der Waals surface area contributed by atoms with Crippen LogP contribution in [0.15, 0.2) is 6.07 Å². The van der Waals surface area contributed by atoms with E-state index in [9.17, 15) is 9.13 Å². The highest BCUT2D eigenvalue weighted by Gasteiger charge is 2.33. The minimum absolute atomic E-state index is 0.301. The molecule has 0 amide bonds. The van der Waals surface area contributed by atoms with Crippen molar-refractivity contribution in [3.63, 3.8) is 0 Å². The van der Waals surface area contributed by atoms with Gasteiger partial charge in [0, 0.05) is 5.30 Å². The van der Waals surface area contributed by atoms with Crippen molar-refractivity contribution in [3.05, 3.63) is 22.8 Å². The third kappa shape index (κ3) is 3.87. The minimum Gasteiger partial charge on any atom is -0.319 e. The Morgan fingerprint density at radius 3 is 1.71 bits per heavy atom. The first-order valence-electron chi connectivity index (χ1n) is 7.14. The van der Waals surface area contributed by atoms with Crippen molar-refractivity contribution in [2.24, 2.45) is 0 Å². The zero-order valence-corrected chi connectivity index (χ0v) is 15.8. The highest BCUT2D eigenvalue weighted by atomic mass is 31.2. The molecule has 1 aromatic rings. The van der Waals surface area contributed by atoms with Crippen molar-refractivity contribution in [3.8, 4) is 0 Å². The Kier molecular flexibility index (Phi) is 6.03. The normalized spacial score (nSPS) is 12.7. The van der Waals surface area contributed by atoms with Crippen LogP contribution in [0.3, 0.4) is 0 Å². The number of rotatable bonds is 6. The summed E-state index contributed by atoms with van der Waals surface area (Å²) in [7, 11) is -5.86. The van der Waals surface area contributed by atoms with Gasteiger partial charge in [0.15, 0.2) is 0 Å². The van der Waals surface area contributed by atoms with Gasteiger partial charge >= 0.3 is 7.60 Å². The monoisotopic (exact) mass is 332 g/mol. The van der Waals surface area contributed by atoms with Gasteiger partial charge in [0.2, 0.25) is 0 Å². The fourth-order valence-corrected chi connectivity index (χ4v) is 6.87. The third-order valence-electron chi connectivity index (χ3n) is 3.30. The molecule has 0 aliphatic heterocycles. The molecule has 1 rings (SSSR count). The lowest BCUT2D eigenvalue weighted by molar-refractivity contribution is 0.229. The van der Waals surface area contributed by atoms with Gasteiger partial charge in [-0.15, -0.1) is 0 Å². The van der Waals surface area contributed by atoms with Crippen molar-refractivity contribution in [1.29, 1.82) is 0 Å². The number of hydrogen-bond donors (Lipinski definition) is 0. The summed E-state index contributed by atoms with van der Waals surface area (Å²) in [4.78, 5) is 0. The van der Waals surface area contributed by atoms with Crippen LogP contribution in [0.4, 0.5) is 0 Å². The zero-order chi connectivity index (χ0) is 16.4. The maximum absolute atomic E-state index is 13.1. The first-order chi connectivity index (χ1) is 9.58. The van der Waals surface area contributed by atoms with Gasteiger partial charge in [0.1, 0.15) is 7.14 Å². The van der Waals surface area contributed by atoms with Crippen LogP contribution in [-0.2, 0) is 18.2 Å². The molecule has 0 radical (unpaired) electrons. The SMILES string of the molecule is CCOP(=O)(OCC)c1c(C)cc(C)c(P(C)(C)=O)c1C. The third-order valence-corrected chi connectivity index (χ3v) is 7.50. The van der Waals surface area contributed by atoms with Crippen molar-refractivity contribution in [1.82, 2.24) is 0 Å². The second-order valence-electron chi connectivity index (χ2n) is 5.52. The molecule has 0 N–H and O–H groups in total. The molecule has 0 saturated heterocycles. The Bertz CT molecular complexity index is 607. The van der Waals surface area contributed by atoms with E-state index < -0.39 is 14.7 Å². The van der Waals surface area contributed by atoms with E-state index in [1.807, 2.05) is 26.8 Å². The van der Waals surface area contributed by atoms with Gasteiger partial charge in [-0.05, 0) is 64.6 Å². The molecule has 21 heavy (non-hydrogen) atoms. The maximum Gasteiger partial charge on any atom is 0.361 e. The molecule has 0 spiro atoms. The lowest BCUT2D eigenvalue weighted by Gasteiger charge is -2.25. The lowest BCUT2D eigenvalue weighted by atomic mass is 10.1. The van der Waals surface area contributed by atoms with E-state index in [4.69, 9.17) is 9.05 Å². The Labute approximate surface area is 128 Å². The molecular weight excluding hydrogens is 306 g/mol. The van der Waals surface area contributed by atoms with Gasteiger partial charge in [-0.2, -0.15) is 0 Å².